The molecule has 0 aliphatic carbocycles. The third-order valence-electron chi connectivity index (χ3n) is 13.8. The Labute approximate surface area is 418 Å². The van der Waals surface area contributed by atoms with Gasteiger partial charge in [0, 0.05) is 6.42 Å². The molecule has 0 bridgehead atoms. The third kappa shape index (κ3) is 52.9. The van der Waals surface area contributed by atoms with E-state index in [1.165, 1.54) is 238 Å². The zero-order valence-electron chi connectivity index (χ0n) is 45.7. The first-order chi connectivity index (χ1) is 32.5. The first-order valence-corrected chi connectivity index (χ1v) is 31.0. The average Bonchev–Trinajstić information content (AvgIpc) is 3.29. The molecule has 0 aromatic rings. The van der Waals surface area contributed by atoms with E-state index in [1.807, 2.05) is 21.1 Å². The number of phosphoric acid groups is 1. The van der Waals surface area contributed by atoms with Crippen molar-refractivity contribution in [2.24, 2.45) is 0 Å². The van der Waals surface area contributed by atoms with E-state index in [0.717, 1.165) is 38.5 Å². The van der Waals surface area contributed by atoms with Crippen molar-refractivity contribution in [2.75, 3.05) is 40.9 Å². The molecule has 67 heavy (non-hydrogen) atoms. The average molecular weight is 971 g/mol. The van der Waals surface area contributed by atoms with Gasteiger partial charge in [0.1, 0.15) is 13.2 Å². The minimum absolute atomic E-state index is 0.0775. The predicted molar refractivity (Wildman–Crippen MR) is 291 cm³/mol. The molecule has 1 amide bonds. The van der Waals surface area contributed by atoms with Crippen LogP contribution in [-0.4, -0.2) is 73.4 Å². The highest BCUT2D eigenvalue weighted by Crippen LogP contribution is 2.43. The van der Waals surface area contributed by atoms with Crippen molar-refractivity contribution in [3.05, 3.63) is 12.2 Å². The van der Waals surface area contributed by atoms with Crippen LogP contribution in [0.4, 0.5) is 0 Å². The number of hydrogen-bond donors (Lipinski definition) is 3. The molecule has 0 saturated carbocycles. The Balaban J connectivity index is 3.75. The SMILES string of the molecule is CCCCCCCCCC/C=C\CCCCCCCCCCCCCCCCCCCCCCCCCCCC(=O)NC(COP(=O)(O)OCC[N+](C)(C)C)C(O)CCCCCCCCCC. The molecular formula is C58H118N2O6P+. The molecule has 0 fully saturated rings. The van der Waals surface area contributed by atoms with E-state index in [9.17, 15) is 19.4 Å². The number of nitrogens with one attached hydrogen (secondary N) is 1. The molecule has 0 heterocycles. The summed E-state index contributed by atoms with van der Waals surface area (Å²) < 4.78 is 23.6. The van der Waals surface area contributed by atoms with Crippen LogP contribution in [0.5, 0.6) is 0 Å². The highest BCUT2D eigenvalue weighted by atomic mass is 31.2. The molecular weight excluding hydrogens is 852 g/mol. The predicted octanol–water partition coefficient (Wildman–Crippen LogP) is 17.8. The van der Waals surface area contributed by atoms with Gasteiger partial charge in [0.2, 0.25) is 5.91 Å². The first kappa shape index (κ1) is 66.2. The summed E-state index contributed by atoms with van der Waals surface area (Å²) >= 11 is 0. The lowest BCUT2D eigenvalue weighted by atomic mass is 10.0. The fourth-order valence-electron chi connectivity index (χ4n) is 9.10. The van der Waals surface area contributed by atoms with Crippen molar-refractivity contribution >= 4 is 13.7 Å². The van der Waals surface area contributed by atoms with Crippen LogP contribution in [-0.2, 0) is 18.4 Å². The number of allylic oxidation sites excluding steroid dienone is 2. The summed E-state index contributed by atoms with van der Waals surface area (Å²) in [6.07, 6.45) is 61.8. The fourth-order valence-corrected chi connectivity index (χ4v) is 9.84. The second-order valence-corrected chi connectivity index (χ2v) is 23.2. The second kappa shape index (κ2) is 50.2. The molecule has 0 aliphatic rings. The number of quaternary nitrogens is 1. The minimum Gasteiger partial charge on any atom is -0.391 e. The Morgan fingerprint density at radius 3 is 1.15 bits per heavy atom. The van der Waals surface area contributed by atoms with E-state index in [4.69, 9.17) is 9.05 Å². The summed E-state index contributed by atoms with van der Waals surface area (Å²) in [5, 5.41) is 13.9. The Kier molecular flexibility index (Phi) is 49.6. The third-order valence-corrected chi connectivity index (χ3v) is 14.7. The summed E-state index contributed by atoms with van der Waals surface area (Å²) in [7, 11) is 1.63. The van der Waals surface area contributed by atoms with E-state index in [1.54, 1.807) is 0 Å². The van der Waals surface area contributed by atoms with Gasteiger partial charge < -0.3 is 19.8 Å². The Morgan fingerprint density at radius 2 is 0.806 bits per heavy atom. The van der Waals surface area contributed by atoms with E-state index < -0.39 is 20.0 Å². The number of phosphoric ester groups is 1. The van der Waals surface area contributed by atoms with Gasteiger partial charge in [-0.1, -0.05) is 270 Å². The van der Waals surface area contributed by atoms with Gasteiger partial charge in [-0.25, -0.2) is 4.57 Å². The van der Waals surface area contributed by atoms with Crippen LogP contribution in [0.15, 0.2) is 12.2 Å². The topological polar surface area (TPSA) is 105 Å². The van der Waals surface area contributed by atoms with Crippen molar-refractivity contribution in [3.8, 4) is 0 Å². The molecule has 0 rings (SSSR count). The zero-order chi connectivity index (χ0) is 49.2. The second-order valence-electron chi connectivity index (χ2n) is 21.7. The van der Waals surface area contributed by atoms with Crippen LogP contribution in [0.3, 0.4) is 0 Å². The Hall–Kier alpha value is -0.760. The molecule has 0 aliphatic heterocycles. The van der Waals surface area contributed by atoms with Gasteiger partial charge in [0.25, 0.3) is 0 Å². The molecule has 3 atom stereocenters. The van der Waals surface area contributed by atoms with Gasteiger partial charge in [0.15, 0.2) is 0 Å². The minimum atomic E-state index is -4.31. The maximum atomic E-state index is 12.9. The molecule has 3 unspecified atom stereocenters. The van der Waals surface area contributed by atoms with Crippen molar-refractivity contribution in [1.82, 2.24) is 5.32 Å². The van der Waals surface area contributed by atoms with Crippen molar-refractivity contribution in [3.63, 3.8) is 0 Å². The lowest BCUT2D eigenvalue weighted by Gasteiger charge is -2.26. The molecule has 0 saturated heterocycles. The number of aliphatic hydroxyl groups excluding tert-OH is 1. The standard InChI is InChI=1S/C58H117N2O6P/c1-6-8-10-12-14-16-17-18-19-20-21-22-23-24-25-26-27-28-29-30-31-32-33-34-35-36-37-38-39-40-41-42-43-44-46-48-50-52-58(62)59-56(55-66-67(63,64)65-54-53-60(3,4)5)57(61)51-49-47-45-15-13-11-9-7-2/h20-21,56-57,61H,6-19,22-55H2,1-5H3,(H-,59,62,63,64)/p+1/b21-20-. The van der Waals surface area contributed by atoms with E-state index in [0.29, 0.717) is 23.9 Å². The quantitative estimate of drug-likeness (QED) is 0.0243. The molecule has 8 nitrogen and oxygen atoms in total. The van der Waals surface area contributed by atoms with Gasteiger partial charge in [0.05, 0.1) is 39.9 Å². The van der Waals surface area contributed by atoms with Crippen molar-refractivity contribution in [1.29, 1.82) is 0 Å². The summed E-state index contributed by atoms with van der Waals surface area (Å²) in [4.78, 5) is 23.2. The number of nitrogens with zero attached hydrogens (tertiary/aromatic N) is 1. The Morgan fingerprint density at radius 1 is 0.493 bits per heavy atom. The molecule has 400 valence electrons. The number of carbonyl (C=O) groups excluding carboxylic acids is 1. The largest absolute Gasteiger partial charge is 0.472 e. The molecule has 3 N–H and O–H groups in total. The van der Waals surface area contributed by atoms with Crippen LogP contribution in [0.25, 0.3) is 0 Å². The number of likely N-dealkylation sites (N-methyl/N-ethyl adjacent to an activating group) is 1. The molecule has 0 radical (unpaired) electrons. The molecule has 0 aromatic heterocycles. The van der Waals surface area contributed by atoms with Gasteiger partial charge in [-0.2, -0.15) is 0 Å². The lowest BCUT2D eigenvalue weighted by molar-refractivity contribution is -0.870. The maximum absolute atomic E-state index is 12.9. The molecule has 0 aromatic carbocycles. The number of rotatable bonds is 55. The fraction of sp³-hybridized carbons (Fsp3) is 0.948. The van der Waals surface area contributed by atoms with Gasteiger partial charge in [-0.3, -0.25) is 13.8 Å². The molecule has 0 spiro atoms. The number of amides is 1. The lowest BCUT2D eigenvalue weighted by Crippen LogP contribution is -2.46. The van der Waals surface area contributed by atoms with Crippen LogP contribution >= 0.6 is 7.82 Å². The van der Waals surface area contributed by atoms with Gasteiger partial charge in [-0.15, -0.1) is 0 Å². The van der Waals surface area contributed by atoms with Crippen LogP contribution in [0.1, 0.15) is 303 Å². The summed E-state index contributed by atoms with van der Waals surface area (Å²) in [5.74, 6) is -0.141. The monoisotopic (exact) mass is 970 g/mol. The normalized spacial score (nSPS) is 14.0. The van der Waals surface area contributed by atoms with E-state index in [2.05, 4.69) is 31.3 Å². The van der Waals surface area contributed by atoms with Crippen molar-refractivity contribution in [2.45, 2.75) is 315 Å². The number of aliphatic hydroxyl groups is 1. The van der Waals surface area contributed by atoms with E-state index in [-0.39, 0.29) is 19.1 Å². The van der Waals surface area contributed by atoms with Gasteiger partial charge >= 0.3 is 7.82 Å². The highest BCUT2D eigenvalue weighted by Gasteiger charge is 2.28. The molecule has 9 heteroatoms. The number of unbranched alkanes of at least 4 members (excludes halogenated alkanes) is 40. The zero-order valence-corrected chi connectivity index (χ0v) is 46.6. The summed E-state index contributed by atoms with van der Waals surface area (Å²) in [6, 6.07) is -0.753. The van der Waals surface area contributed by atoms with Gasteiger partial charge in [-0.05, 0) is 38.5 Å². The number of carbonyl (C=O) groups is 1. The van der Waals surface area contributed by atoms with Crippen molar-refractivity contribution < 1.29 is 32.9 Å². The summed E-state index contributed by atoms with van der Waals surface area (Å²) in [5.41, 5.74) is 0. The maximum Gasteiger partial charge on any atom is 0.472 e. The smallest absolute Gasteiger partial charge is 0.391 e. The first-order valence-electron chi connectivity index (χ1n) is 29.6. The van der Waals surface area contributed by atoms with Crippen LogP contribution in [0, 0.1) is 0 Å². The summed E-state index contributed by atoms with van der Waals surface area (Å²) in [6.45, 7) is 4.88. The Bertz CT molecular complexity index is 1100. The highest BCUT2D eigenvalue weighted by molar-refractivity contribution is 7.47. The number of hydrogen-bond acceptors (Lipinski definition) is 5. The van der Waals surface area contributed by atoms with Crippen LogP contribution < -0.4 is 5.32 Å². The van der Waals surface area contributed by atoms with Crippen LogP contribution in [0.2, 0.25) is 0 Å². The van der Waals surface area contributed by atoms with E-state index >= 15 is 0 Å².